The maximum atomic E-state index is 12.2. The number of benzene rings is 2. The van der Waals surface area contributed by atoms with Gasteiger partial charge in [-0.15, -0.1) is 0 Å². The van der Waals surface area contributed by atoms with Crippen molar-refractivity contribution in [2.75, 3.05) is 5.32 Å². The molecule has 1 amide bonds. The molecular weight excluding hydrogens is 354 g/mol. The second-order valence-electron chi connectivity index (χ2n) is 5.03. The summed E-state index contributed by atoms with van der Waals surface area (Å²) in [5.74, 6) is -3.10. The van der Waals surface area contributed by atoms with Gasteiger partial charge in [0.15, 0.2) is 0 Å². The van der Waals surface area contributed by atoms with Crippen LogP contribution in [0.15, 0.2) is 41.3 Å². The van der Waals surface area contributed by atoms with E-state index in [2.05, 4.69) is 5.32 Å². The molecular formula is C15H13NO8S. The molecule has 0 aliphatic heterocycles. The van der Waals surface area contributed by atoms with E-state index in [4.69, 9.17) is 9.66 Å². The van der Waals surface area contributed by atoms with Gasteiger partial charge in [-0.25, -0.2) is 0 Å². The molecule has 132 valence electrons. The zero-order valence-electron chi connectivity index (χ0n) is 12.5. The first-order valence-electron chi connectivity index (χ1n) is 6.73. The Bertz CT molecular complexity index is 935. The molecule has 0 saturated heterocycles. The van der Waals surface area contributed by atoms with Crippen LogP contribution in [-0.2, 0) is 21.3 Å². The minimum absolute atomic E-state index is 0.139. The minimum Gasteiger partial charge on any atom is -0.508 e. The smallest absolute Gasteiger partial charge is 0.307 e. The Balaban J connectivity index is 2.29. The maximum Gasteiger partial charge on any atom is 0.307 e. The van der Waals surface area contributed by atoms with Gasteiger partial charge >= 0.3 is 5.97 Å². The lowest BCUT2D eigenvalue weighted by Gasteiger charge is -2.11. The molecule has 10 heteroatoms. The fraction of sp³-hybridized carbons (Fsp3) is 0.0667. The molecule has 2 aromatic rings. The third kappa shape index (κ3) is 4.46. The van der Waals surface area contributed by atoms with Gasteiger partial charge in [0, 0.05) is 11.3 Å². The Kier molecular flexibility index (Phi) is 4.95. The van der Waals surface area contributed by atoms with Crippen LogP contribution in [0.2, 0.25) is 0 Å². The third-order valence-corrected chi connectivity index (χ3v) is 4.04. The molecule has 0 bridgehead atoms. The molecule has 0 aliphatic rings. The zero-order chi connectivity index (χ0) is 18.8. The van der Waals surface area contributed by atoms with Crippen LogP contribution in [0.1, 0.15) is 15.9 Å². The van der Waals surface area contributed by atoms with Crippen molar-refractivity contribution in [3.05, 3.63) is 47.5 Å². The topological polar surface area (TPSA) is 161 Å². The van der Waals surface area contributed by atoms with E-state index in [1.807, 2.05) is 0 Å². The number of aliphatic carboxylic acids is 1. The van der Waals surface area contributed by atoms with Gasteiger partial charge in [0.25, 0.3) is 16.0 Å². The number of anilines is 1. The summed E-state index contributed by atoms with van der Waals surface area (Å²) in [7, 11) is -4.37. The Morgan fingerprint density at radius 3 is 2.16 bits per heavy atom. The first kappa shape index (κ1) is 18.2. The number of carbonyl (C=O) groups excluding carboxylic acids is 1. The average molecular weight is 367 g/mol. The minimum atomic E-state index is -4.37. The average Bonchev–Trinajstić information content (AvgIpc) is 2.49. The Morgan fingerprint density at radius 2 is 1.64 bits per heavy atom. The van der Waals surface area contributed by atoms with Crippen LogP contribution in [-0.4, -0.2) is 40.2 Å². The lowest BCUT2D eigenvalue weighted by atomic mass is 10.0. The molecule has 0 aliphatic carbocycles. The van der Waals surface area contributed by atoms with Crippen LogP contribution in [0.3, 0.4) is 0 Å². The van der Waals surface area contributed by atoms with E-state index in [1.54, 1.807) is 0 Å². The van der Waals surface area contributed by atoms with Gasteiger partial charge in [-0.05, 0) is 36.4 Å². The molecule has 5 N–H and O–H groups in total. The number of hydrogen-bond acceptors (Lipinski definition) is 6. The van der Waals surface area contributed by atoms with Crippen LogP contribution in [0.5, 0.6) is 11.5 Å². The number of amides is 1. The molecule has 0 aromatic heterocycles. The number of carboxylic acid groups (broad SMARTS) is 1. The van der Waals surface area contributed by atoms with E-state index in [9.17, 15) is 28.2 Å². The maximum absolute atomic E-state index is 12.2. The zero-order valence-corrected chi connectivity index (χ0v) is 13.3. The van der Waals surface area contributed by atoms with E-state index in [0.29, 0.717) is 0 Å². The van der Waals surface area contributed by atoms with Gasteiger partial charge in [-0.3, -0.25) is 14.1 Å². The molecule has 0 heterocycles. The second-order valence-corrected chi connectivity index (χ2v) is 6.45. The highest BCUT2D eigenvalue weighted by molar-refractivity contribution is 7.85. The summed E-state index contributed by atoms with van der Waals surface area (Å²) < 4.78 is 30.8. The first-order chi connectivity index (χ1) is 11.6. The standard InChI is InChI=1S/C15H13NO8S/c17-10-5-8(6-13(18)19)14(20)12(7-10)15(21)16-9-1-3-11(4-2-9)25(22,23)24/h1-5,7,17,20H,6H2,(H,16,21)(H,18,19)(H,22,23,24). The molecule has 0 unspecified atom stereocenters. The predicted octanol–water partition coefficient (Wildman–Crippen LogP) is 1.22. The SMILES string of the molecule is O=C(O)Cc1cc(O)cc(C(=O)Nc2ccc(S(=O)(=O)O)cc2)c1O. The fourth-order valence-electron chi connectivity index (χ4n) is 2.06. The van der Waals surface area contributed by atoms with Gasteiger partial charge in [0.1, 0.15) is 11.5 Å². The largest absolute Gasteiger partial charge is 0.508 e. The molecule has 2 aromatic carbocycles. The van der Waals surface area contributed by atoms with E-state index in [1.165, 1.54) is 12.1 Å². The number of phenols is 2. The number of rotatable bonds is 5. The van der Waals surface area contributed by atoms with Crippen molar-refractivity contribution in [3.8, 4) is 11.5 Å². The van der Waals surface area contributed by atoms with Gasteiger partial charge < -0.3 is 20.6 Å². The van der Waals surface area contributed by atoms with Crippen LogP contribution < -0.4 is 5.32 Å². The lowest BCUT2D eigenvalue weighted by Crippen LogP contribution is -2.13. The molecule has 9 nitrogen and oxygen atoms in total. The molecule has 25 heavy (non-hydrogen) atoms. The molecule has 0 saturated carbocycles. The van der Waals surface area contributed by atoms with E-state index in [0.717, 1.165) is 24.3 Å². The van der Waals surface area contributed by atoms with Crippen molar-refractivity contribution in [1.29, 1.82) is 0 Å². The summed E-state index contributed by atoms with van der Waals surface area (Å²) in [6.45, 7) is 0. The van der Waals surface area contributed by atoms with Crippen LogP contribution >= 0.6 is 0 Å². The number of nitrogens with one attached hydrogen (secondary N) is 1. The molecule has 0 radical (unpaired) electrons. The van der Waals surface area contributed by atoms with Gasteiger partial charge in [0.2, 0.25) is 0 Å². The number of hydrogen-bond donors (Lipinski definition) is 5. The van der Waals surface area contributed by atoms with Gasteiger partial charge in [-0.2, -0.15) is 8.42 Å². The highest BCUT2D eigenvalue weighted by atomic mass is 32.2. The highest BCUT2D eigenvalue weighted by Crippen LogP contribution is 2.29. The summed E-state index contributed by atoms with van der Waals surface area (Å²) in [5.41, 5.74) is -0.339. The fourth-order valence-corrected chi connectivity index (χ4v) is 2.54. The monoisotopic (exact) mass is 367 g/mol. The number of phenolic OH excluding ortho intramolecular Hbond substituents is 2. The van der Waals surface area contributed by atoms with E-state index >= 15 is 0 Å². The van der Waals surface area contributed by atoms with Crippen molar-refractivity contribution in [2.45, 2.75) is 11.3 Å². The summed E-state index contributed by atoms with van der Waals surface area (Å²) >= 11 is 0. The summed E-state index contributed by atoms with van der Waals surface area (Å²) in [5, 5.41) is 30.7. The van der Waals surface area contributed by atoms with Crippen LogP contribution in [0, 0.1) is 0 Å². The third-order valence-electron chi connectivity index (χ3n) is 3.17. The van der Waals surface area contributed by atoms with Crippen molar-refractivity contribution < 1.29 is 37.9 Å². The van der Waals surface area contributed by atoms with Gasteiger partial charge in [-0.1, -0.05) is 0 Å². The summed E-state index contributed by atoms with van der Waals surface area (Å²) in [6, 6.07) is 6.52. The molecule has 0 atom stereocenters. The Hall–Kier alpha value is -3.11. The molecule has 0 fully saturated rings. The number of carboxylic acids is 1. The predicted molar refractivity (Wildman–Crippen MR) is 85.3 cm³/mol. The summed E-state index contributed by atoms with van der Waals surface area (Å²) in [6.07, 6.45) is -0.594. The number of carbonyl (C=O) groups is 2. The van der Waals surface area contributed by atoms with Crippen molar-refractivity contribution in [2.24, 2.45) is 0 Å². The van der Waals surface area contributed by atoms with Gasteiger partial charge in [0.05, 0.1) is 16.9 Å². The summed E-state index contributed by atoms with van der Waals surface area (Å²) in [4.78, 5) is 22.6. The van der Waals surface area contributed by atoms with Crippen molar-refractivity contribution in [3.63, 3.8) is 0 Å². The van der Waals surface area contributed by atoms with Crippen molar-refractivity contribution >= 4 is 27.7 Å². The van der Waals surface area contributed by atoms with Crippen LogP contribution in [0.4, 0.5) is 5.69 Å². The quantitative estimate of drug-likeness (QED) is 0.389. The Labute approximate surface area is 141 Å². The highest BCUT2D eigenvalue weighted by Gasteiger charge is 2.18. The molecule has 2 rings (SSSR count). The second kappa shape index (κ2) is 6.79. The lowest BCUT2D eigenvalue weighted by molar-refractivity contribution is -0.136. The van der Waals surface area contributed by atoms with Crippen LogP contribution in [0.25, 0.3) is 0 Å². The first-order valence-corrected chi connectivity index (χ1v) is 8.17. The Morgan fingerprint density at radius 1 is 1.04 bits per heavy atom. The number of aromatic hydroxyl groups is 2. The molecule has 0 spiro atoms. The van der Waals surface area contributed by atoms with E-state index < -0.39 is 39.9 Å². The van der Waals surface area contributed by atoms with Crippen molar-refractivity contribution in [1.82, 2.24) is 0 Å². The normalized spacial score (nSPS) is 11.1. The van der Waals surface area contributed by atoms with E-state index in [-0.39, 0.29) is 21.7 Å².